The summed E-state index contributed by atoms with van der Waals surface area (Å²) in [5.74, 6) is 0. The van der Waals surface area contributed by atoms with Crippen LogP contribution < -0.4 is 0 Å². The molecule has 0 saturated heterocycles. The average molecular weight is 124 g/mol. The van der Waals surface area contributed by atoms with Crippen molar-refractivity contribution < 1.29 is 0 Å². The Labute approximate surface area is 56.2 Å². The van der Waals surface area contributed by atoms with Crippen molar-refractivity contribution in [2.45, 2.75) is 32.7 Å². The molecule has 0 aromatic rings. The maximum atomic E-state index is 8.11. The van der Waals surface area contributed by atoms with Crippen molar-refractivity contribution >= 4 is 6.21 Å². The first kappa shape index (κ1) is 8.16. The molecule has 0 aliphatic rings. The Balaban J connectivity index is 3.34. The smallest absolute Gasteiger partial charge is 0.0700 e. The van der Waals surface area contributed by atoms with Gasteiger partial charge in [0.2, 0.25) is 0 Å². The third-order valence-electron chi connectivity index (χ3n) is 1.13. The number of rotatable bonds is 3. The minimum Gasteiger partial charge on any atom is -0.293 e. The normalized spacial score (nSPS) is 13.4. The van der Waals surface area contributed by atoms with Crippen LogP contribution in [0.4, 0.5) is 0 Å². The van der Waals surface area contributed by atoms with Gasteiger partial charge in [-0.25, -0.2) is 0 Å². The van der Waals surface area contributed by atoms with Gasteiger partial charge >= 0.3 is 0 Å². The summed E-state index contributed by atoms with van der Waals surface area (Å²) in [6.45, 7) is 4.11. The van der Waals surface area contributed by atoms with Crippen molar-refractivity contribution in [2.24, 2.45) is 4.99 Å². The summed E-state index contributed by atoms with van der Waals surface area (Å²) in [5.41, 5.74) is 0. The van der Waals surface area contributed by atoms with Crippen molar-refractivity contribution in [1.82, 2.24) is 0 Å². The summed E-state index contributed by atoms with van der Waals surface area (Å²) in [7, 11) is 0. The highest BCUT2D eigenvalue weighted by Crippen LogP contribution is 1.92. The fraction of sp³-hybridized carbons (Fsp3) is 0.714. The Morgan fingerprint density at radius 2 is 2.44 bits per heavy atom. The van der Waals surface area contributed by atoms with E-state index in [0.29, 0.717) is 12.5 Å². The van der Waals surface area contributed by atoms with E-state index < -0.39 is 0 Å². The molecule has 50 valence electrons. The summed E-state index contributed by atoms with van der Waals surface area (Å²) in [4.78, 5) is 4.08. The number of hydrogen-bond acceptors (Lipinski definition) is 2. The van der Waals surface area contributed by atoms with Crippen LogP contribution in [0.5, 0.6) is 0 Å². The van der Waals surface area contributed by atoms with Gasteiger partial charge in [0.15, 0.2) is 0 Å². The molecule has 0 aliphatic heterocycles. The molecule has 0 spiro atoms. The van der Waals surface area contributed by atoms with E-state index in [4.69, 9.17) is 5.26 Å². The zero-order chi connectivity index (χ0) is 7.11. The van der Waals surface area contributed by atoms with Crippen LogP contribution in [-0.2, 0) is 0 Å². The molecular weight excluding hydrogens is 112 g/mol. The lowest BCUT2D eigenvalue weighted by Gasteiger charge is -1.96. The first-order chi connectivity index (χ1) is 4.31. The predicted molar refractivity (Wildman–Crippen MR) is 38.5 cm³/mol. The lowest BCUT2D eigenvalue weighted by Crippen LogP contribution is -1.93. The average Bonchev–Trinajstić information content (AvgIpc) is 1.89. The van der Waals surface area contributed by atoms with Gasteiger partial charge in [-0.05, 0) is 13.3 Å². The molecule has 0 aliphatic carbocycles. The summed E-state index contributed by atoms with van der Waals surface area (Å²) >= 11 is 0. The molecule has 0 aromatic heterocycles. The lowest BCUT2D eigenvalue weighted by atomic mass is 10.3. The van der Waals surface area contributed by atoms with Gasteiger partial charge in [0.05, 0.1) is 12.5 Å². The van der Waals surface area contributed by atoms with Crippen LogP contribution in [-0.4, -0.2) is 12.3 Å². The van der Waals surface area contributed by atoms with Gasteiger partial charge < -0.3 is 0 Å². The maximum absolute atomic E-state index is 8.11. The molecule has 0 heterocycles. The van der Waals surface area contributed by atoms with Gasteiger partial charge in [0.25, 0.3) is 0 Å². The molecule has 0 amide bonds. The van der Waals surface area contributed by atoms with Gasteiger partial charge in [-0.15, -0.1) is 0 Å². The zero-order valence-corrected chi connectivity index (χ0v) is 5.96. The summed E-state index contributed by atoms with van der Waals surface area (Å²) < 4.78 is 0. The summed E-state index contributed by atoms with van der Waals surface area (Å²) in [5, 5.41) is 8.11. The quantitative estimate of drug-likeness (QED) is 0.528. The number of nitrogens with zero attached hydrogens (tertiary/aromatic N) is 2. The highest BCUT2D eigenvalue weighted by atomic mass is 14.7. The van der Waals surface area contributed by atoms with E-state index in [1.807, 2.05) is 13.0 Å². The molecule has 0 aromatic carbocycles. The van der Waals surface area contributed by atoms with E-state index in [1.165, 1.54) is 0 Å². The lowest BCUT2D eigenvalue weighted by molar-refractivity contribution is 0.719. The monoisotopic (exact) mass is 124 g/mol. The molecule has 0 fully saturated rings. The van der Waals surface area contributed by atoms with E-state index in [0.717, 1.165) is 6.42 Å². The molecule has 0 rings (SSSR count). The Morgan fingerprint density at radius 3 is 2.89 bits per heavy atom. The highest BCUT2D eigenvalue weighted by molar-refractivity contribution is 5.60. The largest absolute Gasteiger partial charge is 0.293 e. The molecule has 2 nitrogen and oxygen atoms in total. The molecule has 0 saturated carbocycles. The molecule has 9 heavy (non-hydrogen) atoms. The summed E-state index contributed by atoms with van der Waals surface area (Å²) in [6, 6.07) is 2.37. The van der Waals surface area contributed by atoms with Crippen molar-refractivity contribution in [3.8, 4) is 6.07 Å². The van der Waals surface area contributed by atoms with Crippen LogP contribution in [0, 0.1) is 11.3 Å². The molecular formula is C7H12N2. The third kappa shape index (κ3) is 5.02. The Hall–Kier alpha value is -0.840. The van der Waals surface area contributed by atoms with E-state index in [2.05, 4.69) is 11.9 Å². The first-order valence-electron chi connectivity index (χ1n) is 3.19. The van der Waals surface area contributed by atoms with Crippen LogP contribution in [0.2, 0.25) is 0 Å². The highest BCUT2D eigenvalue weighted by Gasteiger charge is 1.88. The van der Waals surface area contributed by atoms with Crippen LogP contribution in [0.15, 0.2) is 4.99 Å². The Morgan fingerprint density at radius 1 is 1.78 bits per heavy atom. The van der Waals surface area contributed by atoms with Gasteiger partial charge in [-0.1, -0.05) is 6.92 Å². The van der Waals surface area contributed by atoms with Gasteiger partial charge in [0, 0.05) is 12.3 Å². The summed E-state index contributed by atoms with van der Waals surface area (Å²) in [6.07, 6.45) is 3.15. The number of aliphatic imine (C=N–C) groups is 1. The van der Waals surface area contributed by atoms with E-state index in [9.17, 15) is 0 Å². The number of hydrogen-bond donors (Lipinski definition) is 0. The van der Waals surface area contributed by atoms with Crippen LogP contribution in [0.25, 0.3) is 0 Å². The zero-order valence-electron chi connectivity index (χ0n) is 5.96. The molecule has 0 radical (unpaired) electrons. The van der Waals surface area contributed by atoms with Crippen LogP contribution >= 0.6 is 0 Å². The first-order valence-corrected chi connectivity index (χ1v) is 3.19. The standard InChI is InChI=1S/C7H12N2/c1-3-7(2)9-6-4-5-8/h6-7H,3-4H2,1-2H3. The van der Waals surface area contributed by atoms with Gasteiger partial charge in [-0.2, -0.15) is 5.26 Å². The van der Waals surface area contributed by atoms with Crippen molar-refractivity contribution in [3.63, 3.8) is 0 Å². The van der Waals surface area contributed by atoms with Gasteiger partial charge in [0.1, 0.15) is 0 Å². The molecule has 1 atom stereocenters. The minimum absolute atomic E-state index is 0.373. The predicted octanol–water partition coefficient (Wildman–Crippen LogP) is 1.77. The minimum atomic E-state index is 0.373. The second-order valence-electron chi connectivity index (χ2n) is 1.95. The molecule has 0 bridgehead atoms. The van der Waals surface area contributed by atoms with E-state index in [1.54, 1.807) is 6.21 Å². The Bertz CT molecular complexity index is 121. The second kappa shape index (κ2) is 5.30. The second-order valence-corrected chi connectivity index (χ2v) is 1.95. The van der Waals surface area contributed by atoms with Crippen LogP contribution in [0.3, 0.4) is 0 Å². The van der Waals surface area contributed by atoms with Gasteiger partial charge in [-0.3, -0.25) is 4.99 Å². The molecule has 1 unspecified atom stereocenters. The number of nitriles is 1. The fourth-order valence-electron chi connectivity index (χ4n) is 0.379. The fourth-order valence-corrected chi connectivity index (χ4v) is 0.379. The topological polar surface area (TPSA) is 36.1 Å². The van der Waals surface area contributed by atoms with Crippen LogP contribution in [0.1, 0.15) is 26.7 Å². The van der Waals surface area contributed by atoms with E-state index in [-0.39, 0.29) is 0 Å². The molecule has 2 heteroatoms. The van der Waals surface area contributed by atoms with Crippen molar-refractivity contribution in [2.75, 3.05) is 0 Å². The maximum Gasteiger partial charge on any atom is 0.0700 e. The third-order valence-corrected chi connectivity index (χ3v) is 1.13. The Kier molecular flexibility index (Phi) is 4.81. The van der Waals surface area contributed by atoms with Crippen molar-refractivity contribution in [3.05, 3.63) is 0 Å². The van der Waals surface area contributed by atoms with E-state index >= 15 is 0 Å². The van der Waals surface area contributed by atoms with Crippen molar-refractivity contribution in [1.29, 1.82) is 5.26 Å². The molecule has 0 N–H and O–H groups in total. The SMILES string of the molecule is CCC(C)N=CCC#N.